The molecular weight excluding hydrogens is 527 g/mol. The summed E-state index contributed by atoms with van der Waals surface area (Å²) in [6.07, 6.45) is 1.08. The first-order chi connectivity index (χ1) is 15.2. The molecule has 1 aromatic heterocycles. The molecule has 0 radical (unpaired) electrons. The summed E-state index contributed by atoms with van der Waals surface area (Å²) in [6, 6.07) is 9.91. The lowest BCUT2D eigenvalue weighted by molar-refractivity contribution is -0.383. The van der Waals surface area contributed by atoms with E-state index in [-0.39, 0.29) is 23.3 Å². The van der Waals surface area contributed by atoms with E-state index in [0.717, 1.165) is 0 Å². The monoisotopic (exact) mass is 550 g/mol. The van der Waals surface area contributed by atoms with Gasteiger partial charge in [0.2, 0.25) is 0 Å². The number of aromatic nitrogens is 1. The summed E-state index contributed by atoms with van der Waals surface area (Å²) in [5, 5.41) is 12.0. The number of rotatable bonds is 7. The van der Waals surface area contributed by atoms with Crippen molar-refractivity contribution in [2.75, 3.05) is 33.2 Å². The van der Waals surface area contributed by atoms with Crippen LogP contribution in [0, 0.1) is 13.7 Å². The number of nitrogens with zero attached hydrogens (tertiary/aromatic N) is 4. The van der Waals surface area contributed by atoms with Crippen LogP contribution in [0.3, 0.4) is 0 Å². The summed E-state index contributed by atoms with van der Waals surface area (Å²) in [7, 11) is 6.69. The Labute approximate surface area is 199 Å². The van der Waals surface area contributed by atoms with E-state index in [1.165, 1.54) is 26.5 Å². The average Bonchev–Trinajstić information content (AvgIpc) is 2.78. The standard InChI is InChI=1S/C22H23IN4O5/c1-13(25(2)3)26(22(28)19-15(23)9-10-18(31-4)21(19)32-5)16-11-12-24-20-14(16)7-6-8-17(20)27(29)30/h6-13H,1-5H3. The summed E-state index contributed by atoms with van der Waals surface area (Å²) >= 11 is 2.08. The normalized spacial score (nSPS) is 12.0. The maximum absolute atomic E-state index is 14.0. The van der Waals surface area contributed by atoms with Crippen LogP contribution in [0.2, 0.25) is 0 Å². The molecule has 0 aliphatic rings. The highest BCUT2D eigenvalue weighted by molar-refractivity contribution is 14.1. The predicted octanol–water partition coefficient (Wildman–Crippen LogP) is 4.32. The molecule has 0 spiro atoms. The number of halogens is 1. The first kappa shape index (κ1) is 23.7. The number of methoxy groups -OCH3 is 2. The van der Waals surface area contributed by atoms with Crippen LogP contribution in [0.15, 0.2) is 42.6 Å². The molecule has 0 bridgehead atoms. The zero-order valence-electron chi connectivity index (χ0n) is 18.3. The number of anilines is 1. The molecule has 32 heavy (non-hydrogen) atoms. The van der Waals surface area contributed by atoms with Crippen LogP contribution in [0.5, 0.6) is 11.5 Å². The molecule has 0 fully saturated rings. The zero-order valence-corrected chi connectivity index (χ0v) is 20.5. The summed E-state index contributed by atoms with van der Waals surface area (Å²) in [5.74, 6) is 0.430. The smallest absolute Gasteiger partial charge is 0.295 e. The summed E-state index contributed by atoms with van der Waals surface area (Å²) in [4.78, 5) is 32.8. The number of para-hydroxylation sites is 1. The van der Waals surface area contributed by atoms with Gasteiger partial charge in [-0.25, -0.2) is 4.98 Å². The van der Waals surface area contributed by atoms with Crippen molar-refractivity contribution in [1.82, 2.24) is 9.88 Å². The van der Waals surface area contributed by atoms with Crippen LogP contribution >= 0.6 is 22.6 Å². The van der Waals surface area contributed by atoms with Crippen molar-refractivity contribution in [1.29, 1.82) is 0 Å². The van der Waals surface area contributed by atoms with Gasteiger partial charge in [-0.05, 0) is 61.8 Å². The number of carbonyl (C=O) groups excluding carboxylic acids is 1. The van der Waals surface area contributed by atoms with Crippen LogP contribution in [0.4, 0.5) is 11.4 Å². The molecule has 168 valence electrons. The minimum Gasteiger partial charge on any atom is -0.493 e. The second kappa shape index (κ2) is 9.65. The largest absolute Gasteiger partial charge is 0.493 e. The molecule has 0 saturated heterocycles. The van der Waals surface area contributed by atoms with Gasteiger partial charge in [0.15, 0.2) is 11.5 Å². The van der Waals surface area contributed by atoms with Gasteiger partial charge in [-0.15, -0.1) is 0 Å². The highest BCUT2D eigenvalue weighted by Gasteiger charge is 2.32. The Morgan fingerprint density at radius 2 is 1.88 bits per heavy atom. The average molecular weight is 550 g/mol. The van der Waals surface area contributed by atoms with E-state index in [4.69, 9.17) is 9.47 Å². The second-order valence-corrected chi connectivity index (χ2v) is 8.35. The number of pyridine rings is 1. The number of nitro groups is 1. The molecular formula is C22H23IN4O5. The van der Waals surface area contributed by atoms with Crippen LogP contribution < -0.4 is 14.4 Å². The first-order valence-electron chi connectivity index (χ1n) is 9.65. The number of carbonyl (C=O) groups is 1. The van der Waals surface area contributed by atoms with Crippen molar-refractivity contribution < 1.29 is 19.2 Å². The number of hydrogen-bond donors (Lipinski definition) is 0. The Bertz CT molecular complexity index is 1180. The van der Waals surface area contributed by atoms with Gasteiger partial charge < -0.3 is 9.47 Å². The molecule has 0 aliphatic carbocycles. The Morgan fingerprint density at radius 1 is 1.16 bits per heavy atom. The van der Waals surface area contributed by atoms with Crippen LogP contribution in [-0.4, -0.2) is 55.2 Å². The topological polar surface area (TPSA) is 98.0 Å². The number of ether oxygens (including phenoxy) is 2. The van der Waals surface area contributed by atoms with E-state index in [0.29, 0.717) is 31.7 Å². The van der Waals surface area contributed by atoms with Crippen molar-refractivity contribution >= 4 is 50.8 Å². The van der Waals surface area contributed by atoms with Crippen molar-refractivity contribution in [3.8, 4) is 11.5 Å². The van der Waals surface area contributed by atoms with Gasteiger partial charge >= 0.3 is 0 Å². The quantitative estimate of drug-likeness (QED) is 0.187. The molecule has 3 aromatic rings. The van der Waals surface area contributed by atoms with Crippen molar-refractivity contribution in [3.63, 3.8) is 0 Å². The van der Waals surface area contributed by atoms with Gasteiger partial charge in [0, 0.05) is 21.2 Å². The van der Waals surface area contributed by atoms with Crippen LogP contribution in [0.25, 0.3) is 10.9 Å². The highest BCUT2D eigenvalue weighted by atomic mass is 127. The molecule has 1 unspecified atom stereocenters. The van der Waals surface area contributed by atoms with Crippen molar-refractivity contribution in [2.24, 2.45) is 0 Å². The third-order valence-electron chi connectivity index (χ3n) is 5.23. The molecule has 10 heteroatoms. The lowest BCUT2D eigenvalue weighted by atomic mass is 10.1. The summed E-state index contributed by atoms with van der Waals surface area (Å²) < 4.78 is 11.6. The molecule has 1 amide bonds. The van der Waals surface area contributed by atoms with Gasteiger partial charge in [0.25, 0.3) is 11.6 Å². The van der Waals surface area contributed by atoms with Gasteiger partial charge in [-0.1, -0.05) is 12.1 Å². The molecule has 0 aliphatic heterocycles. The fourth-order valence-corrected chi connectivity index (χ4v) is 4.09. The lowest BCUT2D eigenvalue weighted by Crippen LogP contribution is -2.47. The maximum atomic E-state index is 14.0. The van der Waals surface area contributed by atoms with Gasteiger partial charge in [-0.2, -0.15) is 0 Å². The fourth-order valence-electron chi connectivity index (χ4n) is 3.44. The Balaban J connectivity index is 2.31. The predicted molar refractivity (Wildman–Crippen MR) is 131 cm³/mol. The fraction of sp³-hybridized carbons (Fsp3) is 0.273. The Hall–Kier alpha value is -2.99. The molecule has 1 atom stereocenters. The maximum Gasteiger partial charge on any atom is 0.295 e. The number of hydrogen-bond acceptors (Lipinski definition) is 7. The van der Waals surface area contributed by atoms with E-state index in [1.54, 1.807) is 35.2 Å². The SMILES string of the molecule is COc1ccc(I)c(C(=O)N(c2ccnc3c([N+](=O)[O-])cccc23)C(C)N(C)C)c1OC. The molecule has 9 nitrogen and oxygen atoms in total. The van der Waals surface area contributed by atoms with E-state index in [2.05, 4.69) is 27.6 Å². The second-order valence-electron chi connectivity index (χ2n) is 7.19. The number of benzene rings is 2. The Kier molecular flexibility index (Phi) is 7.14. The third kappa shape index (κ3) is 4.19. The minimum absolute atomic E-state index is 0.122. The van der Waals surface area contributed by atoms with Crippen LogP contribution in [-0.2, 0) is 0 Å². The highest BCUT2D eigenvalue weighted by Crippen LogP contribution is 2.38. The third-order valence-corrected chi connectivity index (χ3v) is 6.13. The summed E-state index contributed by atoms with van der Waals surface area (Å²) in [5.41, 5.74) is 0.941. The number of fused-ring (bicyclic) bond motifs is 1. The molecule has 3 rings (SSSR count). The van der Waals surface area contributed by atoms with E-state index >= 15 is 0 Å². The Morgan fingerprint density at radius 3 is 2.47 bits per heavy atom. The van der Waals surface area contributed by atoms with Gasteiger partial charge in [0.05, 0.1) is 36.6 Å². The molecule has 2 aromatic carbocycles. The van der Waals surface area contributed by atoms with Crippen molar-refractivity contribution in [3.05, 3.63) is 61.8 Å². The molecule has 0 N–H and O–H groups in total. The zero-order chi connectivity index (χ0) is 23.6. The van der Waals surface area contributed by atoms with E-state index in [1.807, 2.05) is 25.9 Å². The first-order valence-corrected chi connectivity index (χ1v) is 10.7. The number of amides is 1. The number of nitro benzene ring substituents is 1. The van der Waals surface area contributed by atoms with Gasteiger partial charge in [-0.3, -0.25) is 24.7 Å². The lowest BCUT2D eigenvalue weighted by Gasteiger charge is -2.34. The van der Waals surface area contributed by atoms with E-state index < -0.39 is 4.92 Å². The van der Waals surface area contributed by atoms with E-state index in [9.17, 15) is 14.9 Å². The van der Waals surface area contributed by atoms with Crippen LogP contribution in [0.1, 0.15) is 17.3 Å². The minimum atomic E-state index is -0.478. The van der Waals surface area contributed by atoms with Gasteiger partial charge in [0.1, 0.15) is 5.52 Å². The molecule has 1 heterocycles. The number of non-ortho nitro benzene ring substituents is 1. The van der Waals surface area contributed by atoms with Crippen molar-refractivity contribution in [2.45, 2.75) is 13.1 Å². The molecule has 0 saturated carbocycles. The summed E-state index contributed by atoms with van der Waals surface area (Å²) in [6.45, 7) is 1.88.